The van der Waals surface area contributed by atoms with Crippen molar-refractivity contribution in [3.63, 3.8) is 0 Å². The Labute approximate surface area is 129 Å². The molecule has 0 saturated carbocycles. The SMILES string of the molecule is CCCNc1ccccc1S(=O)(=O)NCc1csc(C)n1. The zero-order valence-electron chi connectivity index (χ0n) is 12.1. The lowest BCUT2D eigenvalue weighted by Crippen LogP contribution is -2.24. The molecule has 0 aliphatic heterocycles. The van der Waals surface area contributed by atoms with Gasteiger partial charge in [-0.25, -0.2) is 18.1 Å². The van der Waals surface area contributed by atoms with Crippen LogP contribution in [0.1, 0.15) is 24.0 Å². The first kappa shape index (κ1) is 15.9. The second kappa shape index (κ2) is 7.02. The van der Waals surface area contributed by atoms with E-state index in [-0.39, 0.29) is 11.4 Å². The molecular formula is C14H19N3O2S2. The summed E-state index contributed by atoms with van der Waals surface area (Å²) in [5, 5.41) is 5.92. The van der Waals surface area contributed by atoms with E-state index in [2.05, 4.69) is 15.0 Å². The maximum atomic E-state index is 12.4. The number of benzene rings is 1. The molecule has 7 heteroatoms. The summed E-state index contributed by atoms with van der Waals surface area (Å²) in [5.41, 5.74) is 1.36. The second-order valence-corrected chi connectivity index (χ2v) is 7.40. The molecule has 2 aromatic rings. The van der Waals surface area contributed by atoms with Crippen LogP contribution in [0.4, 0.5) is 5.69 Å². The highest BCUT2D eigenvalue weighted by molar-refractivity contribution is 7.89. The summed E-state index contributed by atoms with van der Waals surface area (Å²) in [5.74, 6) is 0. The zero-order valence-corrected chi connectivity index (χ0v) is 13.7. The molecule has 0 bridgehead atoms. The number of aryl methyl sites for hydroxylation is 1. The fourth-order valence-electron chi connectivity index (χ4n) is 1.84. The van der Waals surface area contributed by atoms with Crippen molar-refractivity contribution in [2.24, 2.45) is 0 Å². The molecule has 0 aliphatic carbocycles. The number of anilines is 1. The smallest absolute Gasteiger partial charge is 0.242 e. The van der Waals surface area contributed by atoms with Crippen molar-refractivity contribution in [1.82, 2.24) is 9.71 Å². The fourth-order valence-corrected chi connectivity index (χ4v) is 3.64. The predicted octanol–water partition coefficient (Wildman–Crippen LogP) is 2.75. The number of hydrogen-bond donors (Lipinski definition) is 2. The van der Waals surface area contributed by atoms with Crippen molar-refractivity contribution < 1.29 is 8.42 Å². The number of rotatable bonds is 7. The van der Waals surface area contributed by atoms with E-state index in [1.807, 2.05) is 25.3 Å². The van der Waals surface area contributed by atoms with Crippen LogP contribution in [0.3, 0.4) is 0 Å². The fraction of sp³-hybridized carbons (Fsp3) is 0.357. The van der Waals surface area contributed by atoms with Crippen molar-refractivity contribution in [3.05, 3.63) is 40.3 Å². The molecule has 1 aromatic heterocycles. The summed E-state index contributed by atoms with van der Waals surface area (Å²) in [7, 11) is -3.56. The molecular weight excluding hydrogens is 306 g/mol. The highest BCUT2D eigenvalue weighted by Crippen LogP contribution is 2.21. The molecule has 0 spiro atoms. The van der Waals surface area contributed by atoms with E-state index >= 15 is 0 Å². The van der Waals surface area contributed by atoms with Crippen molar-refractivity contribution >= 4 is 27.0 Å². The Hall–Kier alpha value is -1.44. The largest absolute Gasteiger partial charge is 0.384 e. The van der Waals surface area contributed by atoms with Gasteiger partial charge in [-0.05, 0) is 25.5 Å². The van der Waals surface area contributed by atoms with Gasteiger partial charge >= 0.3 is 0 Å². The van der Waals surface area contributed by atoms with Gasteiger partial charge in [0, 0.05) is 11.9 Å². The predicted molar refractivity (Wildman–Crippen MR) is 86.1 cm³/mol. The van der Waals surface area contributed by atoms with Gasteiger partial charge in [-0.1, -0.05) is 19.1 Å². The normalized spacial score (nSPS) is 11.5. The minimum Gasteiger partial charge on any atom is -0.384 e. The molecule has 1 heterocycles. The van der Waals surface area contributed by atoms with Crippen molar-refractivity contribution in [3.8, 4) is 0 Å². The monoisotopic (exact) mass is 325 g/mol. The van der Waals surface area contributed by atoms with Crippen LogP contribution in [0.2, 0.25) is 0 Å². The second-order valence-electron chi connectivity index (χ2n) is 4.61. The molecule has 0 fully saturated rings. The Morgan fingerprint density at radius 2 is 2.05 bits per heavy atom. The summed E-state index contributed by atoms with van der Waals surface area (Å²) < 4.78 is 27.4. The molecule has 0 saturated heterocycles. The van der Waals surface area contributed by atoms with E-state index in [9.17, 15) is 8.42 Å². The minimum atomic E-state index is -3.56. The van der Waals surface area contributed by atoms with Gasteiger partial charge in [0.2, 0.25) is 10.0 Å². The minimum absolute atomic E-state index is 0.203. The summed E-state index contributed by atoms with van der Waals surface area (Å²) in [6.07, 6.45) is 0.930. The summed E-state index contributed by atoms with van der Waals surface area (Å²) in [4.78, 5) is 4.52. The number of nitrogens with one attached hydrogen (secondary N) is 2. The highest BCUT2D eigenvalue weighted by Gasteiger charge is 2.18. The molecule has 1 aromatic carbocycles. The first-order valence-electron chi connectivity index (χ1n) is 6.76. The average molecular weight is 325 g/mol. The van der Waals surface area contributed by atoms with E-state index < -0.39 is 10.0 Å². The number of hydrogen-bond acceptors (Lipinski definition) is 5. The summed E-state index contributed by atoms with van der Waals surface area (Å²) in [6, 6.07) is 6.92. The van der Waals surface area contributed by atoms with Crippen LogP contribution in [0.25, 0.3) is 0 Å². The molecule has 2 N–H and O–H groups in total. The molecule has 0 unspecified atom stereocenters. The third kappa shape index (κ3) is 4.26. The number of sulfonamides is 1. The quantitative estimate of drug-likeness (QED) is 0.821. The van der Waals surface area contributed by atoms with Gasteiger partial charge in [0.25, 0.3) is 0 Å². The van der Waals surface area contributed by atoms with Crippen LogP contribution in [-0.2, 0) is 16.6 Å². The maximum Gasteiger partial charge on any atom is 0.242 e. The lowest BCUT2D eigenvalue weighted by molar-refractivity contribution is 0.581. The van der Waals surface area contributed by atoms with Crippen molar-refractivity contribution in [1.29, 1.82) is 0 Å². The van der Waals surface area contributed by atoms with E-state index in [4.69, 9.17) is 0 Å². The highest BCUT2D eigenvalue weighted by atomic mass is 32.2. The Bertz CT molecular complexity index is 696. The van der Waals surface area contributed by atoms with E-state index in [1.165, 1.54) is 11.3 Å². The molecule has 0 radical (unpaired) electrons. The third-order valence-electron chi connectivity index (χ3n) is 2.85. The van der Waals surface area contributed by atoms with Crippen LogP contribution >= 0.6 is 11.3 Å². The van der Waals surface area contributed by atoms with Crippen LogP contribution < -0.4 is 10.0 Å². The first-order chi connectivity index (χ1) is 10.0. The van der Waals surface area contributed by atoms with Crippen molar-refractivity contribution in [2.75, 3.05) is 11.9 Å². The summed E-state index contributed by atoms with van der Waals surface area (Å²) in [6.45, 7) is 4.87. The molecule has 2 rings (SSSR count). The van der Waals surface area contributed by atoms with E-state index in [0.717, 1.165) is 23.7 Å². The number of aromatic nitrogens is 1. The molecule has 0 aliphatic rings. The van der Waals surface area contributed by atoms with E-state index in [1.54, 1.807) is 18.2 Å². The van der Waals surface area contributed by atoms with Gasteiger partial charge in [-0.15, -0.1) is 11.3 Å². The van der Waals surface area contributed by atoms with Crippen LogP contribution in [0.5, 0.6) is 0 Å². The molecule has 114 valence electrons. The first-order valence-corrected chi connectivity index (χ1v) is 9.13. The standard InChI is InChI=1S/C14H19N3O2S2/c1-3-8-15-13-6-4-5-7-14(13)21(18,19)16-9-12-10-20-11(2)17-12/h4-7,10,15-16H,3,8-9H2,1-2H3. The van der Waals surface area contributed by atoms with Gasteiger partial charge in [0.05, 0.1) is 22.9 Å². The maximum absolute atomic E-state index is 12.4. The van der Waals surface area contributed by atoms with Crippen LogP contribution in [-0.4, -0.2) is 19.9 Å². The number of para-hydroxylation sites is 1. The molecule has 5 nitrogen and oxygen atoms in total. The molecule has 21 heavy (non-hydrogen) atoms. The Morgan fingerprint density at radius 1 is 1.29 bits per heavy atom. The van der Waals surface area contributed by atoms with Crippen LogP contribution in [0, 0.1) is 6.92 Å². The van der Waals surface area contributed by atoms with Gasteiger partial charge in [-0.2, -0.15) is 0 Å². The zero-order chi connectivity index (χ0) is 15.3. The van der Waals surface area contributed by atoms with Gasteiger partial charge in [0.15, 0.2) is 0 Å². The number of thiazole rings is 1. The Balaban J connectivity index is 2.15. The van der Waals surface area contributed by atoms with Crippen LogP contribution in [0.15, 0.2) is 34.5 Å². The Kier molecular flexibility index (Phi) is 5.33. The average Bonchev–Trinajstić information content (AvgIpc) is 2.89. The lowest BCUT2D eigenvalue weighted by Gasteiger charge is -2.12. The third-order valence-corrected chi connectivity index (χ3v) is 5.13. The van der Waals surface area contributed by atoms with Gasteiger partial charge < -0.3 is 5.32 Å². The van der Waals surface area contributed by atoms with Crippen molar-refractivity contribution in [2.45, 2.75) is 31.7 Å². The Morgan fingerprint density at radius 3 is 2.71 bits per heavy atom. The van der Waals surface area contributed by atoms with E-state index in [0.29, 0.717) is 5.69 Å². The molecule has 0 amide bonds. The number of nitrogens with zero attached hydrogens (tertiary/aromatic N) is 1. The molecule has 0 atom stereocenters. The summed E-state index contributed by atoms with van der Waals surface area (Å²) >= 11 is 1.51. The topological polar surface area (TPSA) is 71.1 Å². The van der Waals surface area contributed by atoms with Gasteiger partial charge in [-0.3, -0.25) is 0 Å². The lowest BCUT2D eigenvalue weighted by atomic mass is 10.3. The van der Waals surface area contributed by atoms with Gasteiger partial charge in [0.1, 0.15) is 4.90 Å².